The molecule has 2 atom stereocenters. The van der Waals surface area contributed by atoms with Crippen molar-refractivity contribution in [3.8, 4) is 0 Å². The number of hydrogen-bond acceptors (Lipinski definition) is 3. The Hall–Kier alpha value is -2.36. The van der Waals surface area contributed by atoms with Gasteiger partial charge in [-0.25, -0.2) is 4.98 Å². The quantitative estimate of drug-likeness (QED) is 0.833. The number of amides is 1. The Labute approximate surface area is 149 Å². The van der Waals surface area contributed by atoms with E-state index in [4.69, 9.17) is 0 Å². The highest BCUT2D eigenvalue weighted by atomic mass is 16.2. The number of anilines is 2. The minimum Gasteiger partial charge on any atom is -0.355 e. The summed E-state index contributed by atoms with van der Waals surface area (Å²) in [4.78, 5) is 21.5. The Morgan fingerprint density at radius 1 is 1.16 bits per heavy atom. The van der Waals surface area contributed by atoms with Crippen molar-refractivity contribution in [2.45, 2.75) is 31.6 Å². The summed E-state index contributed by atoms with van der Waals surface area (Å²) in [6.45, 7) is 2.06. The van der Waals surface area contributed by atoms with E-state index in [0.717, 1.165) is 31.0 Å². The van der Waals surface area contributed by atoms with Crippen LogP contribution in [0.4, 0.5) is 11.5 Å². The lowest BCUT2D eigenvalue weighted by Gasteiger charge is -2.25. The maximum atomic E-state index is 12.8. The molecule has 1 amide bonds. The highest BCUT2D eigenvalue weighted by Crippen LogP contribution is 2.49. The van der Waals surface area contributed by atoms with Crippen LogP contribution in [0.1, 0.15) is 37.2 Å². The van der Waals surface area contributed by atoms with Gasteiger partial charge < -0.3 is 9.80 Å². The maximum absolute atomic E-state index is 12.8. The molecule has 1 aromatic heterocycles. The highest BCUT2D eigenvalue weighted by Gasteiger charge is 2.40. The molecule has 1 saturated carbocycles. The minimum absolute atomic E-state index is 0.192. The molecule has 1 saturated heterocycles. The molecule has 1 aliphatic carbocycles. The summed E-state index contributed by atoms with van der Waals surface area (Å²) in [6, 6.07) is 14.5. The standard InChI is InChI=1S/C21H25N3O/c1-23(19-10-7-11-22-21(19)24-12-5-6-13-24)20(25)15-17-14-18(17)16-8-3-2-4-9-16/h2-4,7-11,17-18H,5-6,12-15H2,1H3/t17-,18-/m0/s1. The van der Waals surface area contributed by atoms with Crippen molar-refractivity contribution in [2.24, 2.45) is 5.92 Å². The van der Waals surface area contributed by atoms with Crippen LogP contribution in [0.5, 0.6) is 0 Å². The van der Waals surface area contributed by atoms with E-state index in [1.807, 2.05) is 31.4 Å². The van der Waals surface area contributed by atoms with Gasteiger partial charge in [-0.2, -0.15) is 0 Å². The molecule has 130 valence electrons. The number of pyridine rings is 1. The van der Waals surface area contributed by atoms with Crippen LogP contribution < -0.4 is 9.80 Å². The zero-order chi connectivity index (χ0) is 17.2. The van der Waals surface area contributed by atoms with Gasteiger partial charge >= 0.3 is 0 Å². The summed E-state index contributed by atoms with van der Waals surface area (Å²) in [5.74, 6) is 2.16. The van der Waals surface area contributed by atoms with Crippen molar-refractivity contribution < 1.29 is 4.79 Å². The molecule has 2 heterocycles. The second-order valence-electron chi connectivity index (χ2n) is 7.21. The van der Waals surface area contributed by atoms with E-state index in [9.17, 15) is 4.79 Å². The lowest BCUT2D eigenvalue weighted by atomic mass is 10.1. The van der Waals surface area contributed by atoms with Crippen LogP contribution in [0.25, 0.3) is 0 Å². The first-order chi connectivity index (χ1) is 12.2. The number of hydrogen-bond donors (Lipinski definition) is 0. The Morgan fingerprint density at radius 3 is 2.68 bits per heavy atom. The van der Waals surface area contributed by atoms with Gasteiger partial charge in [0.25, 0.3) is 0 Å². The number of nitrogens with zero attached hydrogens (tertiary/aromatic N) is 3. The van der Waals surface area contributed by atoms with Gasteiger partial charge in [0, 0.05) is 32.8 Å². The highest BCUT2D eigenvalue weighted by molar-refractivity contribution is 5.96. The lowest BCUT2D eigenvalue weighted by Crippen LogP contribution is -2.30. The summed E-state index contributed by atoms with van der Waals surface area (Å²) in [5.41, 5.74) is 2.30. The molecule has 4 rings (SSSR count). The molecule has 0 spiro atoms. The zero-order valence-corrected chi connectivity index (χ0v) is 14.8. The first-order valence-corrected chi connectivity index (χ1v) is 9.25. The van der Waals surface area contributed by atoms with E-state index < -0.39 is 0 Å². The zero-order valence-electron chi connectivity index (χ0n) is 14.8. The number of carbonyl (C=O) groups is 1. The molecular formula is C21H25N3O. The fourth-order valence-corrected chi connectivity index (χ4v) is 3.90. The molecule has 0 bridgehead atoms. The van der Waals surface area contributed by atoms with Crippen molar-refractivity contribution in [3.05, 3.63) is 54.2 Å². The largest absolute Gasteiger partial charge is 0.355 e. The van der Waals surface area contributed by atoms with Gasteiger partial charge in [-0.1, -0.05) is 30.3 Å². The van der Waals surface area contributed by atoms with Crippen molar-refractivity contribution in [3.63, 3.8) is 0 Å². The monoisotopic (exact) mass is 335 g/mol. The van der Waals surface area contributed by atoms with Gasteiger partial charge in [-0.15, -0.1) is 0 Å². The Balaban J connectivity index is 1.43. The topological polar surface area (TPSA) is 36.4 Å². The van der Waals surface area contributed by atoms with Crippen LogP contribution in [-0.4, -0.2) is 31.0 Å². The molecule has 4 heteroatoms. The molecule has 2 aliphatic rings. The predicted molar refractivity (Wildman–Crippen MR) is 101 cm³/mol. The molecular weight excluding hydrogens is 310 g/mol. The SMILES string of the molecule is CN(C(=O)C[C@@H]1C[C@H]1c1ccccc1)c1cccnc1N1CCCC1. The van der Waals surface area contributed by atoms with Crippen LogP contribution >= 0.6 is 0 Å². The van der Waals surface area contributed by atoms with E-state index in [-0.39, 0.29) is 5.91 Å². The molecule has 25 heavy (non-hydrogen) atoms. The van der Waals surface area contributed by atoms with Gasteiger partial charge in [0.05, 0.1) is 5.69 Å². The average Bonchev–Trinajstić information content (AvgIpc) is 3.20. The second kappa shape index (κ2) is 6.87. The maximum Gasteiger partial charge on any atom is 0.227 e. The van der Waals surface area contributed by atoms with Gasteiger partial charge in [0.2, 0.25) is 5.91 Å². The third kappa shape index (κ3) is 3.39. The Morgan fingerprint density at radius 2 is 1.92 bits per heavy atom. The van der Waals surface area contributed by atoms with Crippen molar-refractivity contribution in [2.75, 3.05) is 29.9 Å². The second-order valence-corrected chi connectivity index (χ2v) is 7.21. The summed E-state index contributed by atoms with van der Waals surface area (Å²) < 4.78 is 0. The molecule has 4 nitrogen and oxygen atoms in total. The van der Waals surface area contributed by atoms with E-state index in [2.05, 4.69) is 34.1 Å². The lowest BCUT2D eigenvalue weighted by molar-refractivity contribution is -0.118. The van der Waals surface area contributed by atoms with Crippen LogP contribution in [0.2, 0.25) is 0 Å². The summed E-state index contributed by atoms with van der Waals surface area (Å²) in [5, 5.41) is 0. The van der Waals surface area contributed by atoms with E-state index in [0.29, 0.717) is 18.3 Å². The molecule has 2 fully saturated rings. The fraction of sp³-hybridized carbons (Fsp3) is 0.429. The molecule has 0 N–H and O–H groups in total. The predicted octanol–water partition coefficient (Wildman–Crippen LogP) is 3.84. The van der Waals surface area contributed by atoms with Gasteiger partial charge in [0.1, 0.15) is 0 Å². The van der Waals surface area contributed by atoms with Crippen molar-refractivity contribution in [1.29, 1.82) is 0 Å². The van der Waals surface area contributed by atoms with E-state index in [1.165, 1.54) is 18.4 Å². The van der Waals surface area contributed by atoms with Gasteiger partial charge in [-0.3, -0.25) is 4.79 Å². The third-order valence-corrected chi connectivity index (χ3v) is 5.49. The number of aromatic nitrogens is 1. The molecule has 0 radical (unpaired) electrons. The Bertz CT molecular complexity index is 740. The van der Waals surface area contributed by atoms with Crippen LogP contribution in [0, 0.1) is 5.92 Å². The first-order valence-electron chi connectivity index (χ1n) is 9.25. The van der Waals surface area contributed by atoms with Crippen LogP contribution in [-0.2, 0) is 4.79 Å². The average molecular weight is 335 g/mol. The third-order valence-electron chi connectivity index (χ3n) is 5.49. The van der Waals surface area contributed by atoms with Crippen LogP contribution in [0.15, 0.2) is 48.7 Å². The van der Waals surface area contributed by atoms with Crippen LogP contribution in [0.3, 0.4) is 0 Å². The summed E-state index contributed by atoms with van der Waals surface area (Å²) in [7, 11) is 1.89. The van der Waals surface area contributed by atoms with Crippen molar-refractivity contribution in [1.82, 2.24) is 4.98 Å². The van der Waals surface area contributed by atoms with E-state index in [1.54, 1.807) is 4.90 Å². The molecule has 2 aromatic rings. The molecule has 1 aromatic carbocycles. The number of rotatable bonds is 5. The molecule has 0 unspecified atom stereocenters. The van der Waals surface area contributed by atoms with Gasteiger partial charge in [-0.05, 0) is 48.8 Å². The normalized spacial score (nSPS) is 22.0. The fourth-order valence-electron chi connectivity index (χ4n) is 3.90. The summed E-state index contributed by atoms with van der Waals surface area (Å²) in [6.07, 6.45) is 5.96. The van der Waals surface area contributed by atoms with Crippen molar-refractivity contribution >= 4 is 17.4 Å². The number of carbonyl (C=O) groups excluding carboxylic acids is 1. The molecule has 1 aliphatic heterocycles. The van der Waals surface area contributed by atoms with Gasteiger partial charge in [0.15, 0.2) is 5.82 Å². The minimum atomic E-state index is 0.192. The first kappa shape index (κ1) is 16.1. The van der Waals surface area contributed by atoms with E-state index >= 15 is 0 Å². The number of benzene rings is 1. The smallest absolute Gasteiger partial charge is 0.227 e. The summed E-state index contributed by atoms with van der Waals surface area (Å²) >= 11 is 0. The Kier molecular flexibility index (Phi) is 4.43.